The van der Waals surface area contributed by atoms with E-state index in [1.54, 1.807) is 6.26 Å². The van der Waals surface area contributed by atoms with Crippen LogP contribution < -0.4 is 5.32 Å². The maximum absolute atomic E-state index is 5.33. The average Bonchev–Trinajstić information content (AvgIpc) is 3.05. The Morgan fingerprint density at radius 1 is 1.32 bits per heavy atom. The van der Waals surface area contributed by atoms with E-state index in [9.17, 15) is 0 Å². The van der Waals surface area contributed by atoms with Crippen molar-refractivity contribution in [3.63, 3.8) is 0 Å². The molecule has 0 spiro atoms. The molecule has 2 heterocycles. The number of aromatic nitrogens is 2. The van der Waals surface area contributed by atoms with E-state index in [0.717, 1.165) is 30.8 Å². The topological polar surface area (TPSA) is 43.0 Å². The molecule has 0 fully saturated rings. The molecule has 1 unspecified atom stereocenters. The summed E-state index contributed by atoms with van der Waals surface area (Å²) < 4.78 is 7.32. The van der Waals surface area contributed by atoms with E-state index < -0.39 is 0 Å². The zero-order valence-corrected chi connectivity index (χ0v) is 12.0. The highest BCUT2D eigenvalue weighted by atomic mass is 16.3. The SMILES string of the molecule is CC(CCc1ccco1)NCc1ccn(C(C)C)n1. The van der Waals surface area contributed by atoms with Crippen LogP contribution in [0.2, 0.25) is 0 Å². The lowest BCUT2D eigenvalue weighted by Crippen LogP contribution is -2.26. The zero-order valence-electron chi connectivity index (χ0n) is 12.0. The third-order valence-corrected chi connectivity index (χ3v) is 3.23. The number of nitrogens with zero attached hydrogens (tertiary/aromatic N) is 2. The largest absolute Gasteiger partial charge is 0.469 e. The van der Waals surface area contributed by atoms with Crippen molar-refractivity contribution in [2.45, 2.75) is 52.2 Å². The molecule has 1 atom stereocenters. The van der Waals surface area contributed by atoms with Gasteiger partial charge in [-0.3, -0.25) is 4.68 Å². The van der Waals surface area contributed by atoms with E-state index in [0.29, 0.717) is 12.1 Å². The maximum Gasteiger partial charge on any atom is 0.103 e. The van der Waals surface area contributed by atoms with Gasteiger partial charge in [0, 0.05) is 31.2 Å². The van der Waals surface area contributed by atoms with Crippen molar-refractivity contribution in [2.24, 2.45) is 0 Å². The zero-order chi connectivity index (χ0) is 13.7. The van der Waals surface area contributed by atoms with E-state index in [1.165, 1.54) is 0 Å². The van der Waals surface area contributed by atoms with E-state index in [2.05, 4.69) is 37.3 Å². The van der Waals surface area contributed by atoms with Crippen LogP contribution in [0.1, 0.15) is 44.7 Å². The molecule has 0 radical (unpaired) electrons. The van der Waals surface area contributed by atoms with Gasteiger partial charge in [0.15, 0.2) is 0 Å². The van der Waals surface area contributed by atoms with Crippen LogP contribution in [0.4, 0.5) is 0 Å². The van der Waals surface area contributed by atoms with Crippen LogP contribution in [0.25, 0.3) is 0 Å². The van der Waals surface area contributed by atoms with Gasteiger partial charge < -0.3 is 9.73 Å². The normalized spacial score (nSPS) is 13.1. The van der Waals surface area contributed by atoms with Gasteiger partial charge in [0.25, 0.3) is 0 Å². The summed E-state index contributed by atoms with van der Waals surface area (Å²) >= 11 is 0. The Labute approximate surface area is 114 Å². The van der Waals surface area contributed by atoms with Crippen LogP contribution in [0.3, 0.4) is 0 Å². The monoisotopic (exact) mass is 261 g/mol. The van der Waals surface area contributed by atoms with Crippen molar-refractivity contribution in [1.82, 2.24) is 15.1 Å². The Hall–Kier alpha value is -1.55. The van der Waals surface area contributed by atoms with Crippen molar-refractivity contribution in [1.29, 1.82) is 0 Å². The second kappa shape index (κ2) is 6.57. The van der Waals surface area contributed by atoms with Gasteiger partial charge in [-0.25, -0.2) is 0 Å². The summed E-state index contributed by atoms with van der Waals surface area (Å²) in [5, 5.41) is 8.02. The molecule has 104 valence electrons. The summed E-state index contributed by atoms with van der Waals surface area (Å²) in [5.74, 6) is 1.05. The minimum absolute atomic E-state index is 0.421. The Balaban J connectivity index is 1.72. The van der Waals surface area contributed by atoms with Gasteiger partial charge in [-0.1, -0.05) is 0 Å². The molecule has 0 aromatic carbocycles. The summed E-state index contributed by atoms with van der Waals surface area (Å²) in [6.07, 6.45) is 5.81. The predicted octanol–water partition coefficient (Wildman–Crippen LogP) is 3.17. The number of nitrogens with one attached hydrogen (secondary N) is 1. The van der Waals surface area contributed by atoms with Gasteiger partial charge in [-0.2, -0.15) is 5.10 Å². The Kier molecular flexibility index (Phi) is 4.80. The third-order valence-electron chi connectivity index (χ3n) is 3.23. The standard InChI is InChI=1S/C15H23N3O/c1-12(2)18-9-8-14(17-18)11-16-13(3)6-7-15-5-4-10-19-15/h4-5,8-10,12-13,16H,6-7,11H2,1-3H3. The molecule has 0 saturated carbocycles. The van der Waals surface area contributed by atoms with Crippen molar-refractivity contribution in [3.05, 3.63) is 42.1 Å². The van der Waals surface area contributed by atoms with Gasteiger partial charge in [0.2, 0.25) is 0 Å². The minimum Gasteiger partial charge on any atom is -0.469 e. The minimum atomic E-state index is 0.421. The second-order valence-corrected chi connectivity index (χ2v) is 5.28. The van der Waals surface area contributed by atoms with E-state index in [1.807, 2.05) is 23.0 Å². The van der Waals surface area contributed by atoms with Crippen molar-refractivity contribution < 1.29 is 4.42 Å². The first kappa shape index (κ1) is 13.9. The average molecular weight is 261 g/mol. The highest BCUT2D eigenvalue weighted by Crippen LogP contribution is 2.07. The quantitative estimate of drug-likeness (QED) is 0.832. The predicted molar refractivity (Wildman–Crippen MR) is 75.9 cm³/mol. The number of aryl methyl sites for hydroxylation is 1. The van der Waals surface area contributed by atoms with Gasteiger partial charge in [-0.05, 0) is 45.4 Å². The Bertz CT molecular complexity index is 473. The lowest BCUT2D eigenvalue weighted by atomic mass is 10.1. The fourth-order valence-electron chi connectivity index (χ4n) is 1.95. The molecule has 4 nitrogen and oxygen atoms in total. The fourth-order valence-corrected chi connectivity index (χ4v) is 1.95. The Morgan fingerprint density at radius 2 is 2.16 bits per heavy atom. The van der Waals surface area contributed by atoms with Crippen LogP contribution in [-0.4, -0.2) is 15.8 Å². The molecule has 0 bridgehead atoms. The molecule has 2 rings (SSSR count). The van der Waals surface area contributed by atoms with E-state index in [-0.39, 0.29) is 0 Å². The molecule has 0 aliphatic carbocycles. The van der Waals surface area contributed by atoms with Gasteiger partial charge >= 0.3 is 0 Å². The lowest BCUT2D eigenvalue weighted by Gasteiger charge is -2.12. The summed E-state index contributed by atoms with van der Waals surface area (Å²) in [4.78, 5) is 0. The second-order valence-electron chi connectivity index (χ2n) is 5.28. The fraction of sp³-hybridized carbons (Fsp3) is 0.533. The van der Waals surface area contributed by atoms with Crippen molar-refractivity contribution in [2.75, 3.05) is 0 Å². The van der Waals surface area contributed by atoms with Crippen molar-refractivity contribution in [3.8, 4) is 0 Å². The van der Waals surface area contributed by atoms with Crippen LogP contribution in [0, 0.1) is 0 Å². The molecule has 2 aromatic rings. The van der Waals surface area contributed by atoms with E-state index in [4.69, 9.17) is 4.42 Å². The number of hydrogen-bond donors (Lipinski definition) is 1. The first-order valence-electron chi connectivity index (χ1n) is 6.95. The summed E-state index contributed by atoms with van der Waals surface area (Å²) in [5.41, 5.74) is 1.10. The molecule has 19 heavy (non-hydrogen) atoms. The van der Waals surface area contributed by atoms with Crippen LogP contribution in [0.5, 0.6) is 0 Å². The number of furan rings is 1. The number of hydrogen-bond acceptors (Lipinski definition) is 3. The van der Waals surface area contributed by atoms with Gasteiger partial charge in [0.05, 0.1) is 12.0 Å². The van der Waals surface area contributed by atoms with Crippen LogP contribution in [0.15, 0.2) is 35.1 Å². The molecular weight excluding hydrogens is 238 g/mol. The molecule has 2 aromatic heterocycles. The van der Waals surface area contributed by atoms with Crippen LogP contribution in [-0.2, 0) is 13.0 Å². The molecule has 1 N–H and O–H groups in total. The molecule has 4 heteroatoms. The molecule has 0 saturated heterocycles. The summed E-state index contributed by atoms with van der Waals surface area (Å²) in [6, 6.07) is 6.91. The third kappa shape index (κ3) is 4.24. The first-order valence-corrected chi connectivity index (χ1v) is 6.95. The van der Waals surface area contributed by atoms with Gasteiger partial charge in [-0.15, -0.1) is 0 Å². The lowest BCUT2D eigenvalue weighted by molar-refractivity contribution is 0.455. The van der Waals surface area contributed by atoms with Crippen LogP contribution >= 0.6 is 0 Å². The van der Waals surface area contributed by atoms with Crippen molar-refractivity contribution >= 4 is 0 Å². The Morgan fingerprint density at radius 3 is 2.79 bits per heavy atom. The maximum atomic E-state index is 5.33. The number of rotatable bonds is 7. The van der Waals surface area contributed by atoms with E-state index >= 15 is 0 Å². The molecule has 0 amide bonds. The summed E-state index contributed by atoms with van der Waals surface area (Å²) in [6.45, 7) is 7.29. The molecule has 0 aliphatic heterocycles. The first-order chi connectivity index (χ1) is 9.15. The summed E-state index contributed by atoms with van der Waals surface area (Å²) in [7, 11) is 0. The van der Waals surface area contributed by atoms with Gasteiger partial charge in [0.1, 0.15) is 5.76 Å². The highest BCUT2D eigenvalue weighted by molar-refractivity contribution is 5.00. The molecular formula is C15H23N3O. The highest BCUT2D eigenvalue weighted by Gasteiger charge is 2.06. The smallest absolute Gasteiger partial charge is 0.103 e. The molecule has 0 aliphatic rings.